The fraction of sp³-hybridized carbons (Fsp3) is 0.300. The molecule has 0 aliphatic rings. The molecule has 0 saturated heterocycles. The molecule has 1 aromatic rings. The number of pyridine rings is 1. The monoisotopic (exact) mass is 316 g/mol. The lowest BCUT2D eigenvalue weighted by Gasteiger charge is -2.12. The zero-order valence-electron chi connectivity index (χ0n) is 9.05. The van der Waals surface area contributed by atoms with Crippen molar-refractivity contribution in [1.82, 2.24) is 4.98 Å². The number of aromatic nitrogens is 1. The van der Waals surface area contributed by atoms with Crippen molar-refractivity contribution in [3.8, 4) is 6.07 Å². The SMILES string of the molecule is CCNc1cc(Br)nc(Cl)c1NC(=O)CC#N. The van der Waals surface area contributed by atoms with Crippen molar-refractivity contribution in [3.63, 3.8) is 0 Å². The van der Waals surface area contributed by atoms with E-state index in [1.54, 1.807) is 12.1 Å². The van der Waals surface area contributed by atoms with E-state index in [-0.39, 0.29) is 11.6 Å². The predicted molar refractivity (Wildman–Crippen MR) is 70.0 cm³/mol. The van der Waals surface area contributed by atoms with Gasteiger partial charge in [-0.25, -0.2) is 4.98 Å². The van der Waals surface area contributed by atoms with Crippen LogP contribution in [0.2, 0.25) is 5.15 Å². The Morgan fingerprint density at radius 3 is 3.00 bits per heavy atom. The van der Waals surface area contributed by atoms with Crippen LogP contribution in [0.15, 0.2) is 10.7 Å². The van der Waals surface area contributed by atoms with Crippen molar-refractivity contribution < 1.29 is 4.79 Å². The molecule has 17 heavy (non-hydrogen) atoms. The van der Waals surface area contributed by atoms with Crippen LogP contribution in [0.5, 0.6) is 0 Å². The molecule has 1 amide bonds. The molecule has 0 spiro atoms. The van der Waals surface area contributed by atoms with Gasteiger partial charge in [-0.05, 0) is 28.9 Å². The highest BCUT2D eigenvalue weighted by Crippen LogP contribution is 2.31. The third kappa shape index (κ3) is 3.88. The zero-order valence-corrected chi connectivity index (χ0v) is 11.4. The average Bonchev–Trinajstić information content (AvgIpc) is 2.24. The van der Waals surface area contributed by atoms with Gasteiger partial charge in [0, 0.05) is 6.54 Å². The molecule has 0 aliphatic carbocycles. The fourth-order valence-corrected chi connectivity index (χ4v) is 1.94. The molecule has 0 saturated carbocycles. The van der Waals surface area contributed by atoms with Gasteiger partial charge in [-0.1, -0.05) is 11.6 Å². The second-order valence-corrected chi connectivity index (χ2v) is 4.24. The van der Waals surface area contributed by atoms with Crippen molar-refractivity contribution in [3.05, 3.63) is 15.8 Å². The molecule has 5 nitrogen and oxygen atoms in total. The van der Waals surface area contributed by atoms with E-state index >= 15 is 0 Å². The van der Waals surface area contributed by atoms with Gasteiger partial charge in [0.25, 0.3) is 0 Å². The normalized spacial score (nSPS) is 9.53. The minimum absolute atomic E-state index is 0.168. The van der Waals surface area contributed by atoms with Gasteiger partial charge in [0.05, 0.1) is 11.8 Å². The number of halogens is 2. The van der Waals surface area contributed by atoms with E-state index in [2.05, 4.69) is 31.5 Å². The first-order valence-corrected chi connectivity index (χ1v) is 6.02. The van der Waals surface area contributed by atoms with Crippen molar-refractivity contribution in [2.24, 2.45) is 0 Å². The predicted octanol–water partition coefficient (Wildman–Crippen LogP) is 2.78. The van der Waals surface area contributed by atoms with E-state index in [4.69, 9.17) is 16.9 Å². The van der Waals surface area contributed by atoms with Crippen LogP contribution < -0.4 is 10.6 Å². The molecule has 1 heterocycles. The third-order valence-corrected chi connectivity index (χ3v) is 2.50. The Hall–Kier alpha value is -1.32. The molecule has 0 aliphatic heterocycles. The summed E-state index contributed by atoms with van der Waals surface area (Å²) in [7, 11) is 0. The lowest BCUT2D eigenvalue weighted by Crippen LogP contribution is -2.13. The molecule has 0 atom stereocenters. The quantitative estimate of drug-likeness (QED) is 0.837. The molecule has 0 unspecified atom stereocenters. The number of rotatable bonds is 4. The van der Waals surface area contributed by atoms with Crippen LogP contribution in [0, 0.1) is 11.3 Å². The molecule has 1 rings (SSSR count). The number of carbonyl (C=O) groups is 1. The molecule has 7 heteroatoms. The molecule has 2 N–H and O–H groups in total. The van der Waals surface area contributed by atoms with Gasteiger partial charge < -0.3 is 10.6 Å². The maximum atomic E-state index is 11.3. The first-order valence-electron chi connectivity index (χ1n) is 4.85. The van der Waals surface area contributed by atoms with Crippen LogP contribution >= 0.6 is 27.5 Å². The lowest BCUT2D eigenvalue weighted by atomic mass is 10.3. The van der Waals surface area contributed by atoms with Gasteiger partial charge in [0.15, 0.2) is 5.15 Å². The number of nitrogens with zero attached hydrogens (tertiary/aromatic N) is 2. The van der Waals surface area contributed by atoms with E-state index in [1.807, 2.05) is 6.92 Å². The third-order valence-electron chi connectivity index (χ3n) is 1.82. The topological polar surface area (TPSA) is 77.8 Å². The zero-order chi connectivity index (χ0) is 12.8. The largest absolute Gasteiger partial charge is 0.383 e. The maximum Gasteiger partial charge on any atom is 0.238 e. The average molecular weight is 318 g/mol. The van der Waals surface area contributed by atoms with Crippen LogP contribution in [0.1, 0.15) is 13.3 Å². The first-order chi connectivity index (χ1) is 8.08. The molecular formula is C10H10BrClN4O. The minimum atomic E-state index is -0.419. The van der Waals surface area contributed by atoms with E-state index in [1.165, 1.54) is 0 Å². The van der Waals surface area contributed by atoms with Crippen LogP contribution in [0.4, 0.5) is 11.4 Å². The van der Waals surface area contributed by atoms with Crippen LogP contribution in [0.3, 0.4) is 0 Å². The van der Waals surface area contributed by atoms with Gasteiger partial charge in [-0.2, -0.15) is 5.26 Å². The van der Waals surface area contributed by atoms with Crippen LogP contribution in [-0.2, 0) is 4.79 Å². The summed E-state index contributed by atoms with van der Waals surface area (Å²) in [6, 6.07) is 3.47. The molecule has 0 aromatic carbocycles. The Morgan fingerprint density at radius 1 is 1.71 bits per heavy atom. The standard InChI is InChI=1S/C10H10BrClN4O/c1-2-14-6-5-7(11)15-10(12)9(6)16-8(17)3-4-13/h5H,2-3H2,1H3,(H,14,15)(H,16,17). The summed E-state index contributed by atoms with van der Waals surface area (Å²) in [6.07, 6.45) is -0.224. The van der Waals surface area contributed by atoms with E-state index in [9.17, 15) is 4.79 Å². The van der Waals surface area contributed by atoms with Gasteiger partial charge in [0.2, 0.25) is 5.91 Å². The Labute approximate surface area is 112 Å². The van der Waals surface area contributed by atoms with Gasteiger partial charge in [-0.15, -0.1) is 0 Å². The number of carbonyl (C=O) groups excluding carboxylic acids is 1. The Morgan fingerprint density at radius 2 is 2.41 bits per heavy atom. The summed E-state index contributed by atoms with van der Waals surface area (Å²) >= 11 is 9.15. The number of amides is 1. The second-order valence-electron chi connectivity index (χ2n) is 3.07. The summed E-state index contributed by atoms with van der Waals surface area (Å²) in [6.45, 7) is 2.59. The highest BCUT2D eigenvalue weighted by Gasteiger charge is 2.12. The van der Waals surface area contributed by atoms with Gasteiger partial charge >= 0.3 is 0 Å². The van der Waals surface area contributed by atoms with Gasteiger partial charge in [-0.3, -0.25) is 4.79 Å². The summed E-state index contributed by atoms with van der Waals surface area (Å²) in [4.78, 5) is 15.3. The number of hydrogen-bond acceptors (Lipinski definition) is 4. The highest BCUT2D eigenvalue weighted by atomic mass is 79.9. The van der Waals surface area contributed by atoms with E-state index in [0.717, 1.165) is 0 Å². The number of nitriles is 1. The molecular weight excluding hydrogens is 307 g/mol. The summed E-state index contributed by atoms with van der Waals surface area (Å²) in [5.41, 5.74) is 1.04. The number of anilines is 2. The number of nitrogens with one attached hydrogen (secondary N) is 2. The molecule has 90 valence electrons. The minimum Gasteiger partial charge on any atom is -0.383 e. The van der Waals surface area contributed by atoms with Crippen molar-refractivity contribution >= 4 is 44.8 Å². The van der Waals surface area contributed by atoms with E-state index in [0.29, 0.717) is 22.5 Å². The fourth-order valence-electron chi connectivity index (χ4n) is 1.19. The van der Waals surface area contributed by atoms with Crippen molar-refractivity contribution in [2.75, 3.05) is 17.2 Å². The molecule has 0 bridgehead atoms. The summed E-state index contributed by atoms with van der Waals surface area (Å²) in [5.74, 6) is -0.419. The van der Waals surface area contributed by atoms with Crippen molar-refractivity contribution in [1.29, 1.82) is 5.26 Å². The summed E-state index contributed by atoms with van der Waals surface area (Å²) < 4.78 is 0.566. The number of hydrogen-bond donors (Lipinski definition) is 2. The highest BCUT2D eigenvalue weighted by molar-refractivity contribution is 9.10. The summed E-state index contributed by atoms with van der Waals surface area (Å²) in [5, 5.41) is 14.2. The Bertz CT molecular complexity index is 472. The Balaban J connectivity index is 3.04. The lowest BCUT2D eigenvalue weighted by molar-refractivity contribution is -0.115. The van der Waals surface area contributed by atoms with Crippen molar-refractivity contribution in [2.45, 2.75) is 13.3 Å². The molecule has 1 aromatic heterocycles. The Kier molecular flexibility index (Phi) is 5.19. The van der Waals surface area contributed by atoms with Gasteiger partial charge in [0.1, 0.15) is 16.7 Å². The van der Waals surface area contributed by atoms with E-state index < -0.39 is 5.91 Å². The van der Waals surface area contributed by atoms with Crippen LogP contribution in [0.25, 0.3) is 0 Å². The van der Waals surface area contributed by atoms with Crippen LogP contribution in [-0.4, -0.2) is 17.4 Å². The molecule has 0 fully saturated rings. The molecule has 0 radical (unpaired) electrons. The maximum absolute atomic E-state index is 11.3. The first kappa shape index (κ1) is 13.7. The second kappa shape index (κ2) is 6.42. The smallest absolute Gasteiger partial charge is 0.238 e.